The van der Waals surface area contributed by atoms with Crippen molar-refractivity contribution in [1.29, 1.82) is 0 Å². The van der Waals surface area contributed by atoms with E-state index in [1.54, 1.807) is 7.11 Å². The van der Waals surface area contributed by atoms with E-state index in [-0.39, 0.29) is 5.91 Å². The minimum atomic E-state index is 0.000995. The largest absolute Gasteiger partial charge is 0.385 e. The number of ether oxygens (including phenoxy) is 1. The van der Waals surface area contributed by atoms with Crippen LogP contribution in [0.3, 0.4) is 0 Å². The zero-order valence-corrected chi connectivity index (χ0v) is 13.0. The normalized spacial score (nSPS) is 10.3. The second-order valence-corrected chi connectivity index (χ2v) is 5.12. The fraction of sp³-hybridized carbons (Fsp3) is 0.500. The molecule has 0 bridgehead atoms. The van der Waals surface area contributed by atoms with E-state index < -0.39 is 0 Å². The maximum Gasteiger partial charge on any atom is 0.239 e. The van der Waals surface area contributed by atoms with Crippen molar-refractivity contribution in [2.75, 3.05) is 32.1 Å². The van der Waals surface area contributed by atoms with Gasteiger partial charge in [0.2, 0.25) is 5.91 Å². The molecule has 1 rings (SSSR count). The first-order valence-corrected chi connectivity index (χ1v) is 7.24. The van der Waals surface area contributed by atoms with Crippen LogP contribution in [0.2, 0.25) is 0 Å². The number of methoxy groups -OCH3 is 1. The van der Waals surface area contributed by atoms with Gasteiger partial charge in [-0.1, -0.05) is 22.9 Å². The summed E-state index contributed by atoms with van der Waals surface area (Å²) < 4.78 is 5.98. The Bertz CT molecular complexity index is 410. The number of carbonyl (C=O) groups excluding carboxylic acids is 1. The first-order valence-electron chi connectivity index (χ1n) is 6.45. The molecule has 0 aromatic heterocycles. The molecule has 0 unspecified atom stereocenters. The van der Waals surface area contributed by atoms with Crippen molar-refractivity contribution in [1.82, 2.24) is 5.32 Å². The highest BCUT2D eigenvalue weighted by molar-refractivity contribution is 9.10. The number of carbonyl (C=O) groups is 1. The van der Waals surface area contributed by atoms with E-state index in [0.717, 1.165) is 23.0 Å². The molecule has 106 valence electrons. The standard InChI is InChI=1S/C14H21BrN2O2/c1-3-11-9-12(15)5-6-13(11)17-10-14(18)16-7-4-8-19-2/h5-6,9,17H,3-4,7-8,10H2,1-2H3,(H,16,18). The molecule has 0 aliphatic carbocycles. The molecule has 1 aromatic rings. The van der Waals surface area contributed by atoms with E-state index in [0.29, 0.717) is 19.7 Å². The van der Waals surface area contributed by atoms with Crippen LogP contribution in [0.25, 0.3) is 0 Å². The predicted octanol–water partition coefficient (Wildman–Crippen LogP) is 2.58. The van der Waals surface area contributed by atoms with Crippen LogP contribution in [0.1, 0.15) is 18.9 Å². The van der Waals surface area contributed by atoms with Crippen LogP contribution in [0.15, 0.2) is 22.7 Å². The van der Waals surface area contributed by atoms with Crippen molar-refractivity contribution in [2.24, 2.45) is 0 Å². The quantitative estimate of drug-likeness (QED) is 0.721. The van der Waals surface area contributed by atoms with Crippen LogP contribution in [0.4, 0.5) is 5.69 Å². The Hall–Kier alpha value is -1.07. The lowest BCUT2D eigenvalue weighted by atomic mass is 10.1. The number of halogens is 1. The lowest BCUT2D eigenvalue weighted by molar-refractivity contribution is -0.119. The first kappa shape index (κ1) is 16.0. The molecular formula is C14H21BrN2O2. The molecule has 4 nitrogen and oxygen atoms in total. The van der Waals surface area contributed by atoms with E-state index >= 15 is 0 Å². The molecule has 0 heterocycles. The van der Waals surface area contributed by atoms with E-state index in [4.69, 9.17) is 4.74 Å². The molecule has 0 fully saturated rings. The first-order chi connectivity index (χ1) is 9.17. The van der Waals surface area contributed by atoms with Crippen LogP contribution in [0.5, 0.6) is 0 Å². The van der Waals surface area contributed by atoms with E-state index in [1.165, 1.54) is 5.56 Å². The molecule has 19 heavy (non-hydrogen) atoms. The second-order valence-electron chi connectivity index (χ2n) is 4.20. The lowest BCUT2D eigenvalue weighted by Crippen LogP contribution is -2.31. The van der Waals surface area contributed by atoms with Gasteiger partial charge in [0.15, 0.2) is 0 Å². The molecular weight excluding hydrogens is 308 g/mol. The highest BCUT2D eigenvalue weighted by atomic mass is 79.9. The van der Waals surface area contributed by atoms with Crippen LogP contribution >= 0.6 is 15.9 Å². The fourth-order valence-electron chi connectivity index (χ4n) is 1.71. The van der Waals surface area contributed by atoms with Crippen molar-refractivity contribution in [3.63, 3.8) is 0 Å². The molecule has 1 aromatic carbocycles. The number of anilines is 1. The maximum absolute atomic E-state index is 11.6. The van der Waals surface area contributed by atoms with Gasteiger partial charge in [-0.05, 0) is 36.6 Å². The zero-order valence-electron chi connectivity index (χ0n) is 11.5. The maximum atomic E-state index is 11.6. The topological polar surface area (TPSA) is 50.4 Å². The van der Waals surface area contributed by atoms with Gasteiger partial charge in [0, 0.05) is 30.4 Å². The zero-order chi connectivity index (χ0) is 14.1. The predicted molar refractivity (Wildman–Crippen MR) is 81.5 cm³/mol. The van der Waals surface area contributed by atoms with Gasteiger partial charge < -0.3 is 15.4 Å². The highest BCUT2D eigenvalue weighted by Crippen LogP contribution is 2.21. The Morgan fingerprint density at radius 2 is 2.21 bits per heavy atom. The van der Waals surface area contributed by atoms with Gasteiger partial charge in [-0.3, -0.25) is 4.79 Å². The molecule has 0 radical (unpaired) electrons. The van der Waals surface area contributed by atoms with Crippen molar-refractivity contribution in [2.45, 2.75) is 19.8 Å². The molecule has 2 N–H and O–H groups in total. The third-order valence-corrected chi connectivity index (χ3v) is 3.23. The lowest BCUT2D eigenvalue weighted by Gasteiger charge is -2.11. The number of rotatable bonds is 8. The Kier molecular flexibility index (Phi) is 7.52. The average molecular weight is 329 g/mol. The van der Waals surface area contributed by atoms with Crippen molar-refractivity contribution in [3.05, 3.63) is 28.2 Å². The van der Waals surface area contributed by atoms with Gasteiger partial charge >= 0.3 is 0 Å². The summed E-state index contributed by atoms with van der Waals surface area (Å²) in [6, 6.07) is 6.03. The Morgan fingerprint density at radius 3 is 2.89 bits per heavy atom. The summed E-state index contributed by atoms with van der Waals surface area (Å²) in [6.07, 6.45) is 1.76. The molecule has 0 spiro atoms. The van der Waals surface area contributed by atoms with Gasteiger partial charge in [-0.15, -0.1) is 0 Å². The second kappa shape index (κ2) is 8.93. The summed E-state index contributed by atoms with van der Waals surface area (Å²) >= 11 is 3.45. The summed E-state index contributed by atoms with van der Waals surface area (Å²) in [5.41, 5.74) is 2.21. The average Bonchev–Trinajstić information content (AvgIpc) is 2.42. The van der Waals surface area contributed by atoms with Gasteiger partial charge in [-0.25, -0.2) is 0 Å². The summed E-state index contributed by atoms with van der Waals surface area (Å²) in [6.45, 7) is 3.70. The van der Waals surface area contributed by atoms with Crippen LogP contribution in [0, 0.1) is 0 Å². The molecule has 0 saturated heterocycles. The monoisotopic (exact) mass is 328 g/mol. The Labute approximate surface area is 123 Å². The molecule has 0 saturated carbocycles. The van der Waals surface area contributed by atoms with E-state index in [2.05, 4.69) is 39.6 Å². The van der Waals surface area contributed by atoms with Crippen molar-refractivity contribution < 1.29 is 9.53 Å². The number of benzene rings is 1. The minimum absolute atomic E-state index is 0.000995. The van der Waals surface area contributed by atoms with Crippen molar-refractivity contribution in [3.8, 4) is 0 Å². The molecule has 5 heteroatoms. The minimum Gasteiger partial charge on any atom is -0.385 e. The third kappa shape index (κ3) is 6.07. The summed E-state index contributed by atoms with van der Waals surface area (Å²) in [4.78, 5) is 11.6. The summed E-state index contributed by atoms with van der Waals surface area (Å²) in [5, 5.41) is 6.01. The SMILES string of the molecule is CCc1cc(Br)ccc1NCC(=O)NCCCOC. The number of hydrogen-bond donors (Lipinski definition) is 2. The van der Waals surface area contributed by atoms with Crippen LogP contribution < -0.4 is 10.6 Å². The van der Waals surface area contributed by atoms with Crippen molar-refractivity contribution >= 4 is 27.5 Å². The summed E-state index contributed by atoms with van der Waals surface area (Å²) in [5.74, 6) is 0.000995. The molecule has 0 aliphatic rings. The Morgan fingerprint density at radius 1 is 1.42 bits per heavy atom. The number of amides is 1. The highest BCUT2D eigenvalue weighted by Gasteiger charge is 2.04. The van der Waals surface area contributed by atoms with Crippen LogP contribution in [-0.2, 0) is 16.0 Å². The van der Waals surface area contributed by atoms with E-state index in [9.17, 15) is 4.79 Å². The smallest absolute Gasteiger partial charge is 0.239 e. The fourth-order valence-corrected chi connectivity index (χ4v) is 2.12. The van der Waals surface area contributed by atoms with E-state index in [1.807, 2.05) is 12.1 Å². The van der Waals surface area contributed by atoms with Crippen LogP contribution in [-0.4, -0.2) is 32.7 Å². The third-order valence-electron chi connectivity index (χ3n) is 2.73. The van der Waals surface area contributed by atoms with Gasteiger partial charge in [-0.2, -0.15) is 0 Å². The van der Waals surface area contributed by atoms with Gasteiger partial charge in [0.1, 0.15) is 0 Å². The summed E-state index contributed by atoms with van der Waals surface area (Å²) in [7, 11) is 1.66. The number of hydrogen-bond acceptors (Lipinski definition) is 3. The molecule has 0 atom stereocenters. The number of nitrogens with one attached hydrogen (secondary N) is 2. The van der Waals surface area contributed by atoms with Gasteiger partial charge in [0.05, 0.1) is 6.54 Å². The molecule has 1 amide bonds. The Balaban J connectivity index is 2.37. The van der Waals surface area contributed by atoms with Gasteiger partial charge in [0.25, 0.3) is 0 Å². The molecule has 0 aliphatic heterocycles. The number of aryl methyl sites for hydroxylation is 1.